The maximum atomic E-state index is 10.2. The molecule has 1 N–H and O–H groups in total. The number of piperazine rings is 1. The van der Waals surface area contributed by atoms with Gasteiger partial charge in [0, 0.05) is 26.2 Å². The summed E-state index contributed by atoms with van der Waals surface area (Å²) in [6.07, 6.45) is 0.924. The van der Waals surface area contributed by atoms with Crippen LogP contribution in [0.25, 0.3) is 0 Å². The molecule has 5 nitrogen and oxygen atoms in total. The summed E-state index contributed by atoms with van der Waals surface area (Å²) in [5.41, 5.74) is 0. The summed E-state index contributed by atoms with van der Waals surface area (Å²) in [6, 6.07) is 0. The molecular weight excluding hydrogens is 160 g/mol. The predicted octanol–water partition coefficient (Wildman–Crippen LogP) is -0.909. The van der Waals surface area contributed by atoms with Crippen LogP contribution in [-0.2, 0) is 9.59 Å². The van der Waals surface area contributed by atoms with E-state index >= 15 is 0 Å². The van der Waals surface area contributed by atoms with Gasteiger partial charge < -0.3 is 14.9 Å². The van der Waals surface area contributed by atoms with Gasteiger partial charge in [-0.05, 0) is 7.05 Å². The van der Waals surface area contributed by atoms with Gasteiger partial charge in [-0.3, -0.25) is 9.59 Å². The first-order chi connectivity index (χ1) is 5.74. The minimum absolute atomic E-state index is 0.250. The molecule has 70 valence electrons. The average Bonchev–Trinajstić information content (AvgIpc) is 2.07. The Bertz CT molecular complexity index is 133. The monoisotopic (exact) mass is 174 g/mol. The number of carbonyl (C=O) groups excluding carboxylic acids is 1. The van der Waals surface area contributed by atoms with Crippen molar-refractivity contribution in [3.05, 3.63) is 0 Å². The van der Waals surface area contributed by atoms with Crippen molar-refractivity contribution in [3.63, 3.8) is 0 Å². The van der Waals surface area contributed by atoms with E-state index in [1.807, 2.05) is 0 Å². The number of likely N-dealkylation sites (N-methyl/N-ethyl adjacent to an activating group) is 1. The third-order valence-corrected chi connectivity index (χ3v) is 1.69. The van der Waals surface area contributed by atoms with Gasteiger partial charge in [0.25, 0.3) is 6.47 Å². The molecule has 5 heteroatoms. The van der Waals surface area contributed by atoms with Gasteiger partial charge >= 0.3 is 0 Å². The number of rotatable bonds is 1. The second kappa shape index (κ2) is 6.60. The van der Waals surface area contributed by atoms with Crippen LogP contribution in [0.3, 0.4) is 0 Å². The van der Waals surface area contributed by atoms with Crippen LogP contribution in [0.1, 0.15) is 0 Å². The maximum Gasteiger partial charge on any atom is 0.290 e. The molecule has 0 unspecified atom stereocenters. The Hall–Kier alpha value is -1.10. The lowest BCUT2D eigenvalue weighted by Crippen LogP contribution is -2.43. The standard InChI is InChI=1S/C6H12N2O.CH2O2/c1-7-2-4-8(6-9)5-3-7;2-1-3/h6H,2-5H2,1H3;1H,(H,2,3). The molecule has 1 aliphatic heterocycles. The Labute approximate surface area is 71.6 Å². The van der Waals surface area contributed by atoms with E-state index in [2.05, 4.69) is 11.9 Å². The molecule has 0 radical (unpaired) electrons. The molecule has 0 aromatic carbocycles. The minimum atomic E-state index is -0.250. The maximum absolute atomic E-state index is 10.2. The highest BCUT2D eigenvalue weighted by molar-refractivity contribution is 5.47. The molecule has 1 saturated heterocycles. The second-order valence-corrected chi connectivity index (χ2v) is 2.55. The molecule has 0 bridgehead atoms. The van der Waals surface area contributed by atoms with Gasteiger partial charge in [0.15, 0.2) is 0 Å². The van der Waals surface area contributed by atoms with Crippen molar-refractivity contribution in [2.45, 2.75) is 0 Å². The highest BCUT2D eigenvalue weighted by Crippen LogP contribution is 1.94. The van der Waals surface area contributed by atoms with E-state index < -0.39 is 0 Å². The van der Waals surface area contributed by atoms with Crippen molar-refractivity contribution < 1.29 is 14.7 Å². The normalized spacial score (nSPS) is 17.6. The van der Waals surface area contributed by atoms with Gasteiger partial charge in [-0.2, -0.15) is 0 Å². The highest BCUT2D eigenvalue weighted by Gasteiger charge is 2.10. The lowest BCUT2D eigenvalue weighted by Gasteiger charge is -2.29. The summed E-state index contributed by atoms with van der Waals surface area (Å²) in [7, 11) is 2.07. The number of nitrogens with zero attached hydrogens (tertiary/aromatic N) is 2. The van der Waals surface area contributed by atoms with Crippen molar-refractivity contribution in [2.24, 2.45) is 0 Å². The summed E-state index contributed by atoms with van der Waals surface area (Å²) in [5.74, 6) is 0. The molecule has 1 aliphatic rings. The first-order valence-electron chi connectivity index (χ1n) is 3.70. The molecule has 12 heavy (non-hydrogen) atoms. The van der Waals surface area contributed by atoms with E-state index in [4.69, 9.17) is 9.90 Å². The zero-order valence-corrected chi connectivity index (χ0v) is 7.14. The van der Waals surface area contributed by atoms with Crippen molar-refractivity contribution in [1.82, 2.24) is 9.80 Å². The fourth-order valence-electron chi connectivity index (χ4n) is 0.927. The van der Waals surface area contributed by atoms with E-state index in [1.54, 1.807) is 4.90 Å². The number of carbonyl (C=O) groups is 2. The summed E-state index contributed by atoms with van der Waals surface area (Å²) >= 11 is 0. The average molecular weight is 174 g/mol. The fourth-order valence-corrected chi connectivity index (χ4v) is 0.927. The van der Waals surface area contributed by atoms with E-state index in [-0.39, 0.29) is 6.47 Å². The molecule has 1 heterocycles. The zero-order chi connectivity index (χ0) is 9.40. The summed E-state index contributed by atoms with van der Waals surface area (Å²) in [5, 5.41) is 6.89. The molecule has 1 rings (SSSR count). The summed E-state index contributed by atoms with van der Waals surface area (Å²) < 4.78 is 0. The molecule has 0 saturated carbocycles. The van der Waals surface area contributed by atoms with Crippen molar-refractivity contribution in [1.29, 1.82) is 0 Å². The van der Waals surface area contributed by atoms with Crippen LogP contribution < -0.4 is 0 Å². The fraction of sp³-hybridized carbons (Fsp3) is 0.714. The Kier molecular flexibility index (Phi) is 6.00. The highest BCUT2D eigenvalue weighted by atomic mass is 16.3. The summed E-state index contributed by atoms with van der Waals surface area (Å²) in [6.45, 7) is 3.55. The van der Waals surface area contributed by atoms with E-state index in [0.717, 1.165) is 32.6 Å². The molecule has 1 amide bonds. The van der Waals surface area contributed by atoms with Crippen LogP contribution in [0.2, 0.25) is 0 Å². The van der Waals surface area contributed by atoms with E-state index in [0.29, 0.717) is 0 Å². The van der Waals surface area contributed by atoms with Crippen molar-refractivity contribution in [2.75, 3.05) is 33.2 Å². The Morgan fingerprint density at radius 3 is 1.92 bits per heavy atom. The van der Waals surface area contributed by atoms with Gasteiger partial charge in [-0.25, -0.2) is 0 Å². The topological polar surface area (TPSA) is 60.9 Å². The van der Waals surface area contributed by atoms with Crippen LogP contribution in [0.4, 0.5) is 0 Å². The minimum Gasteiger partial charge on any atom is -0.483 e. The Morgan fingerprint density at radius 1 is 1.17 bits per heavy atom. The van der Waals surface area contributed by atoms with Crippen LogP contribution in [0, 0.1) is 0 Å². The van der Waals surface area contributed by atoms with Gasteiger partial charge in [-0.15, -0.1) is 0 Å². The number of hydrogen-bond acceptors (Lipinski definition) is 3. The van der Waals surface area contributed by atoms with Crippen LogP contribution in [0.5, 0.6) is 0 Å². The largest absolute Gasteiger partial charge is 0.483 e. The third-order valence-electron chi connectivity index (χ3n) is 1.69. The van der Waals surface area contributed by atoms with E-state index in [1.165, 1.54) is 0 Å². The first kappa shape index (κ1) is 10.9. The van der Waals surface area contributed by atoms with E-state index in [9.17, 15) is 4.79 Å². The zero-order valence-electron chi connectivity index (χ0n) is 7.14. The third kappa shape index (κ3) is 4.68. The predicted molar refractivity (Wildman–Crippen MR) is 43.8 cm³/mol. The van der Waals surface area contributed by atoms with Crippen LogP contribution >= 0.6 is 0 Å². The van der Waals surface area contributed by atoms with Gasteiger partial charge in [0.2, 0.25) is 6.41 Å². The number of carboxylic acid groups (broad SMARTS) is 1. The molecule has 0 spiro atoms. The smallest absolute Gasteiger partial charge is 0.290 e. The van der Waals surface area contributed by atoms with Crippen LogP contribution in [0.15, 0.2) is 0 Å². The molecule has 0 aliphatic carbocycles. The number of amides is 1. The quantitative estimate of drug-likeness (QED) is 0.523. The second-order valence-electron chi connectivity index (χ2n) is 2.55. The van der Waals surface area contributed by atoms with Crippen molar-refractivity contribution in [3.8, 4) is 0 Å². The molecule has 0 atom stereocenters. The number of hydrogen-bond donors (Lipinski definition) is 1. The molecule has 1 fully saturated rings. The van der Waals surface area contributed by atoms with Crippen molar-refractivity contribution >= 4 is 12.9 Å². The Morgan fingerprint density at radius 2 is 1.58 bits per heavy atom. The molecular formula is C7H14N2O3. The Balaban J connectivity index is 0.000000354. The lowest BCUT2D eigenvalue weighted by molar-refractivity contribution is -0.123. The SMILES string of the molecule is CN1CCN(C=O)CC1.O=CO. The molecule has 0 aromatic heterocycles. The van der Waals surface area contributed by atoms with Gasteiger partial charge in [0.1, 0.15) is 0 Å². The van der Waals surface area contributed by atoms with Gasteiger partial charge in [-0.1, -0.05) is 0 Å². The lowest BCUT2D eigenvalue weighted by atomic mass is 10.4. The first-order valence-corrected chi connectivity index (χ1v) is 3.70. The summed E-state index contributed by atoms with van der Waals surface area (Å²) in [4.78, 5) is 22.6. The molecule has 0 aromatic rings. The van der Waals surface area contributed by atoms with Crippen LogP contribution in [-0.4, -0.2) is 61.0 Å². The van der Waals surface area contributed by atoms with Gasteiger partial charge in [0.05, 0.1) is 0 Å².